The molecule has 1 aliphatic rings. The van der Waals surface area contributed by atoms with Gasteiger partial charge in [-0.2, -0.15) is 0 Å². The van der Waals surface area contributed by atoms with E-state index in [2.05, 4.69) is 5.32 Å². The topological polar surface area (TPSA) is 110 Å². The van der Waals surface area contributed by atoms with Crippen LogP contribution in [0.2, 0.25) is 0 Å². The molecule has 2 rings (SSSR count). The SMILES string of the molecule is COc1cccc(C(C)(CC(=O)O)NC(=O)CS(=O)(=O)C2CCCC2)c1. The summed E-state index contributed by atoms with van der Waals surface area (Å²) in [5.41, 5.74) is -0.714. The second-order valence-electron chi connectivity index (χ2n) is 6.90. The van der Waals surface area contributed by atoms with Gasteiger partial charge < -0.3 is 15.2 Å². The van der Waals surface area contributed by atoms with E-state index in [1.807, 2.05) is 0 Å². The maximum Gasteiger partial charge on any atom is 0.306 e. The molecule has 2 N–H and O–H groups in total. The Morgan fingerprint density at radius 2 is 1.96 bits per heavy atom. The van der Waals surface area contributed by atoms with Gasteiger partial charge in [0.25, 0.3) is 0 Å². The Morgan fingerprint density at radius 3 is 2.54 bits per heavy atom. The molecule has 1 amide bonds. The number of hydrogen-bond acceptors (Lipinski definition) is 5. The summed E-state index contributed by atoms with van der Waals surface area (Å²) in [6, 6.07) is 6.71. The van der Waals surface area contributed by atoms with Crippen LogP contribution in [0.15, 0.2) is 24.3 Å². The molecule has 1 aromatic rings. The molecule has 0 spiro atoms. The van der Waals surface area contributed by atoms with Crippen LogP contribution in [0.3, 0.4) is 0 Å². The summed E-state index contributed by atoms with van der Waals surface area (Å²) in [5, 5.41) is 11.4. The first-order valence-corrected chi connectivity index (χ1v) is 10.3. The van der Waals surface area contributed by atoms with Crippen LogP contribution >= 0.6 is 0 Å². The second kappa shape index (κ2) is 8.07. The number of carbonyl (C=O) groups excluding carboxylic acids is 1. The third-order valence-electron chi connectivity index (χ3n) is 4.77. The van der Waals surface area contributed by atoms with E-state index >= 15 is 0 Å². The number of benzene rings is 1. The fourth-order valence-electron chi connectivity index (χ4n) is 3.38. The van der Waals surface area contributed by atoms with Gasteiger partial charge in [-0.05, 0) is 37.5 Å². The molecule has 1 atom stereocenters. The van der Waals surface area contributed by atoms with Crippen LogP contribution in [0.1, 0.15) is 44.6 Å². The number of carbonyl (C=O) groups is 2. The van der Waals surface area contributed by atoms with Crippen LogP contribution in [0.5, 0.6) is 5.75 Å². The first-order valence-electron chi connectivity index (χ1n) is 8.55. The minimum Gasteiger partial charge on any atom is -0.497 e. The number of hydrogen-bond donors (Lipinski definition) is 2. The normalized spacial score (nSPS) is 17.5. The van der Waals surface area contributed by atoms with Gasteiger partial charge in [0.15, 0.2) is 9.84 Å². The Bertz CT molecular complexity index is 770. The van der Waals surface area contributed by atoms with Crippen molar-refractivity contribution >= 4 is 21.7 Å². The van der Waals surface area contributed by atoms with E-state index in [4.69, 9.17) is 4.74 Å². The van der Waals surface area contributed by atoms with Gasteiger partial charge in [0.1, 0.15) is 11.5 Å². The third kappa shape index (κ3) is 4.97. The van der Waals surface area contributed by atoms with Crippen molar-refractivity contribution in [3.63, 3.8) is 0 Å². The molecule has 0 saturated heterocycles. The third-order valence-corrected chi connectivity index (χ3v) is 6.92. The van der Waals surface area contributed by atoms with Gasteiger partial charge in [-0.3, -0.25) is 9.59 Å². The standard InChI is InChI=1S/C18H25NO6S/c1-18(11-17(21)22,13-6-5-7-14(10-13)25-2)19-16(20)12-26(23,24)15-8-3-4-9-15/h5-7,10,15H,3-4,8-9,11-12H2,1-2H3,(H,19,20)(H,21,22). The van der Waals surface area contributed by atoms with Crippen LogP contribution in [0, 0.1) is 0 Å². The Hall–Kier alpha value is -2.09. The van der Waals surface area contributed by atoms with Gasteiger partial charge in [-0.15, -0.1) is 0 Å². The summed E-state index contributed by atoms with van der Waals surface area (Å²) in [4.78, 5) is 23.7. The lowest BCUT2D eigenvalue weighted by Gasteiger charge is -2.30. The van der Waals surface area contributed by atoms with Crippen LogP contribution in [0.4, 0.5) is 0 Å². The van der Waals surface area contributed by atoms with E-state index in [0.717, 1.165) is 12.8 Å². The number of nitrogens with one attached hydrogen (secondary N) is 1. The molecule has 1 saturated carbocycles. The Balaban J connectivity index is 2.21. The minimum absolute atomic E-state index is 0.380. The van der Waals surface area contributed by atoms with Gasteiger partial charge in [0.2, 0.25) is 5.91 Å². The number of aliphatic carboxylic acids is 1. The van der Waals surface area contributed by atoms with Crippen molar-refractivity contribution in [2.75, 3.05) is 12.9 Å². The van der Waals surface area contributed by atoms with Crippen molar-refractivity contribution < 1.29 is 27.9 Å². The summed E-state index contributed by atoms with van der Waals surface area (Å²) in [6.07, 6.45) is 2.49. The number of methoxy groups -OCH3 is 1. The highest BCUT2D eigenvalue weighted by molar-refractivity contribution is 7.92. The van der Waals surface area contributed by atoms with Crippen LogP contribution in [-0.2, 0) is 25.0 Å². The Morgan fingerprint density at radius 1 is 1.31 bits per heavy atom. The molecule has 0 aliphatic heterocycles. The van der Waals surface area contributed by atoms with E-state index in [-0.39, 0.29) is 6.42 Å². The van der Waals surface area contributed by atoms with Crippen molar-refractivity contribution in [1.82, 2.24) is 5.32 Å². The number of amides is 1. The largest absolute Gasteiger partial charge is 0.497 e. The summed E-state index contributed by atoms with van der Waals surface area (Å²) in [5.74, 6) is -1.90. The van der Waals surface area contributed by atoms with E-state index in [0.29, 0.717) is 24.2 Å². The molecule has 1 aliphatic carbocycles. The van der Waals surface area contributed by atoms with Gasteiger partial charge in [-0.25, -0.2) is 8.42 Å². The smallest absolute Gasteiger partial charge is 0.306 e. The first-order chi connectivity index (χ1) is 12.2. The van der Waals surface area contributed by atoms with E-state index in [1.165, 1.54) is 7.11 Å². The average Bonchev–Trinajstić information content (AvgIpc) is 3.08. The fourth-order valence-corrected chi connectivity index (χ4v) is 5.10. The highest BCUT2D eigenvalue weighted by Gasteiger charge is 2.35. The van der Waals surface area contributed by atoms with E-state index < -0.39 is 38.3 Å². The molecular weight excluding hydrogens is 358 g/mol. The van der Waals surface area contributed by atoms with E-state index in [1.54, 1.807) is 31.2 Å². The number of sulfone groups is 1. The maximum absolute atomic E-state index is 12.4. The maximum atomic E-state index is 12.4. The molecule has 144 valence electrons. The van der Waals surface area contributed by atoms with Crippen LogP contribution in [-0.4, -0.2) is 43.5 Å². The molecule has 0 radical (unpaired) electrons. The van der Waals surface area contributed by atoms with Crippen molar-refractivity contribution in [2.45, 2.75) is 49.8 Å². The van der Waals surface area contributed by atoms with E-state index in [9.17, 15) is 23.1 Å². The van der Waals surface area contributed by atoms with Gasteiger partial charge in [-0.1, -0.05) is 25.0 Å². The average molecular weight is 383 g/mol. The first kappa shape index (κ1) is 20.2. The van der Waals surface area contributed by atoms with Gasteiger partial charge >= 0.3 is 5.97 Å². The lowest BCUT2D eigenvalue weighted by molar-refractivity contribution is -0.139. The molecule has 0 bridgehead atoms. The molecule has 0 aromatic heterocycles. The Labute approximate surface area is 153 Å². The summed E-state index contributed by atoms with van der Waals surface area (Å²) in [6.45, 7) is 1.57. The Kier molecular flexibility index (Phi) is 6.28. The zero-order valence-electron chi connectivity index (χ0n) is 15.0. The van der Waals surface area contributed by atoms with Crippen molar-refractivity contribution in [1.29, 1.82) is 0 Å². The molecule has 0 heterocycles. The highest BCUT2D eigenvalue weighted by atomic mass is 32.2. The lowest BCUT2D eigenvalue weighted by atomic mass is 9.88. The lowest BCUT2D eigenvalue weighted by Crippen LogP contribution is -2.47. The number of carboxylic acid groups (broad SMARTS) is 1. The second-order valence-corrected chi connectivity index (χ2v) is 9.18. The summed E-state index contributed by atoms with van der Waals surface area (Å²) >= 11 is 0. The van der Waals surface area contributed by atoms with Crippen LogP contribution in [0.25, 0.3) is 0 Å². The predicted octanol–water partition coefficient (Wildman–Crippen LogP) is 1.86. The van der Waals surface area contributed by atoms with Crippen molar-refractivity contribution in [3.8, 4) is 5.75 Å². The van der Waals surface area contributed by atoms with Crippen LogP contribution < -0.4 is 10.1 Å². The molecular formula is C18H25NO6S. The molecule has 1 aromatic carbocycles. The number of rotatable bonds is 8. The zero-order chi connectivity index (χ0) is 19.4. The molecule has 7 nitrogen and oxygen atoms in total. The predicted molar refractivity (Wildman–Crippen MR) is 96.8 cm³/mol. The number of ether oxygens (including phenoxy) is 1. The number of carboxylic acids is 1. The van der Waals surface area contributed by atoms with Crippen molar-refractivity contribution in [2.24, 2.45) is 0 Å². The highest BCUT2D eigenvalue weighted by Crippen LogP contribution is 2.29. The molecule has 8 heteroatoms. The van der Waals surface area contributed by atoms with Gasteiger partial charge in [0, 0.05) is 0 Å². The fraction of sp³-hybridized carbons (Fsp3) is 0.556. The zero-order valence-corrected chi connectivity index (χ0v) is 15.8. The summed E-state index contributed by atoms with van der Waals surface area (Å²) < 4.78 is 29.9. The molecule has 1 fully saturated rings. The minimum atomic E-state index is -3.54. The van der Waals surface area contributed by atoms with Gasteiger partial charge in [0.05, 0.1) is 24.3 Å². The monoisotopic (exact) mass is 383 g/mol. The molecule has 1 unspecified atom stereocenters. The summed E-state index contributed by atoms with van der Waals surface area (Å²) in [7, 11) is -2.05. The quantitative estimate of drug-likeness (QED) is 0.709. The molecule has 26 heavy (non-hydrogen) atoms. The van der Waals surface area contributed by atoms with Crippen molar-refractivity contribution in [3.05, 3.63) is 29.8 Å².